The predicted octanol–water partition coefficient (Wildman–Crippen LogP) is 0.290. The van der Waals surface area contributed by atoms with Crippen LogP contribution in [0, 0.1) is 0 Å². The summed E-state index contributed by atoms with van der Waals surface area (Å²) in [7, 11) is -3.00. The van der Waals surface area contributed by atoms with Gasteiger partial charge in [0, 0.05) is 18.1 Å². The zero-order valence-electron chi connectivity index (χ0n) is 8.52. The number of rotatable bonds is 2. The van der Waals surface area contributed by atoms with Crippen LogP contribution in [0.5, 0.6) is 0 Å². The van der Waals surface area contributed by atoms with E-state index in [2.05, 4.69) is 0 Å². The first-order valence-corrected chi connectivity index (χ1v) is 6.92. The maximum atomic E-state index is 11.8. The molecule has 0 spiro atoms. The van der Waals surface area contributed by atoms with Crippen molar-refractivity contribution < 1.29 is 8.42 Å². The first-order chi connectivity index (χ1) is 6.54. The van der Waals surface area contributed by atoms with E-state index in [1.807, 2.05) is 0 Å². The summed E-state index contributed by atoms with van der Waals surface area (Å²) in [6, 6.07) is 0.582. The average Bonchev–Trinajstić information content (AvgIpc) is 2.40. The lowest BCUT2D eigenvalue weighted by Crippen LogP contribution is -2.50. The van der Waals surface area contributed by atoms with Crippen molar-refractivity contribution in [3.8, 4) is 0 Å². The number of nitrogens with two attached hydrogens (primary N) is 1. The molecule has 2 heterocycles. The van der Waals surface area contributed by atoms with Gasteiger partial charge < -0.3 is 5.73 Å². The Morgan fingerprint density at radius 2 is 1.79 bits per heavy atom. The first-order valence-electron chi connectivity index (χ1n) is 5.31. The van der Waals surface area contributed by atoms with Gasteiger partial charge in [-0.2, -0.15) is 4.31 Å². The van der Waals surface area contributed by atoms with Crippen LogP contribution in [0.25, 0.3) is 0 Å². The van der Waals surface area contributed by atoms with Gasteiger partial charge >= 0.3 is 0 Å². The van der Waals surface area contributed by atoms with Crippen molar-refractivity contribution in [2.75, 3.05) is 5.75 Å². The molecular formula is C9H18N2O2S. The molecule has 14 heavy (non-hydrogen) atoms. The zero-order chi connectivity index (χ0) is 10.3. The van der Waals surface area contributed by atoms with Gasteiger partial charge in [0.15, 0.2) is 0 Å². The third-order valence-electron chi connectivity index (χ3n) is 3.39. The van der Waals surface area contributed by atoms with Gasteiger partial charge in [-0.25, -0.2) is 8.42 Å². The van der Waals surface area contributed by atoms with E-state index in [9.17, 15) is 8.42 Å². The SMILES string of the molecule is CCS(=O)(=O)N1[C@@H]2CC[C@H]1CC(N)C2. The van der Waals surface area contributed by atoms with Gasteiger partial charge in [-0.05, 0) is 32.6 Å². The van der Waals surface area contributed by atoms with Gasteiger partial charge in [0.1, 0.15) is 0 Å². The normalized spacial score (nSPS) is 38.9. The third kappa shape index (κ3) is 1.57. The highest BCUT2D eigenvalue weighted by atomic mass is 32.2. The molecule has 5 heteroatoms. The summed E-state index contributed by atoms with van der Waals surface area (Å²) in [6.07, 6.45) is 3.68. The van der Waals surface area contributed by atoms with Crippen LogP contribution in [-0.2, 0) is 10.0 Å². The van der Waals surface area contributed by atoms with Crippen molar-refractivity contribution in [2.45, 2.75) is 50.7 Å². The Morgan fingerprint density at radius 1 is 1.29 bits per heavy atom. The topological polar surface area (TPSA) is 63.4 Å². The molecule has 3 atom stereocenters. The summed E-state index contributed by atoms with van der Waals surface area (Å²) in [4.78, 5) is 0. The molecule has 0 amide bonds. The standard InChI is InChI=1S/C9H18N2O2S/c1-2-14(12,13)11-8-3-4-9(11)6-7(10)5-8/h7-9H,2-6,10H2,1H3/t7?,8-,9+. The molecule has 1 unspecified atom stereocenters. The minimum Gasteiger partial charge on any atom is -0.328 e. The summed E-state index contributed by atoms with van der Waals surface area (Å²) < 4.78 is 25.3. The smallest absolute Gasteiger partial charge is 0.214 e. The Labute approximate surface area is 85.5 Å². The molecule has 0 aromatic rings. The summed E-state index contributed by atoms with van der Waals surface area (Å²) in [5.74, 6) is 0.217. The van der Waals surface area contributed by atoms with Gasteiger partial charge in [0.05, 0.1) is 5.75 Å². The number of piperidine rings is 1. The van der Waals surface area contributed by atoms with Crippen LogP contribution in [0.3, 0.4) is 0 Å². The van der Waals surface area contributed by atoms with E-state index in [0.29, 0.717) is 0 Å². The van der Waals surface area contributed by atoms with E-state index in [-0.39, 0.29) is 23.9 Å². The second-order valence-electron chi connectivity index (χ2n) is 4.35. The van der Waals surface area contributed by atoms with Crippen LogP contribution in [-0.4, -0.2) is 36.6 Å². The van der Waals surface area contributed by atoms with Gasteiger partial charge in [0.25, 0.3) is 0 Å². The Morgan fingerprint density at radius 3 is 2.21 bits per heavy atom. The molecule has 0 saturated carbocycles. The summed E-state index contributed by atoms with van der Waals surface area (Å²) >= 11 is 0. The molecule has 0 aromatic heterocycles. The fourth-order valence-corrected chi connectivity index (χ4v) is 4.37. The number of nitrogens with zero attached hydrogens (tertiary/aromatic N) is 1. The van der Waals surface area contributed by atoms with Crippen molar-refractivity contribution in [1.82, 2.24) is 4.31 Å². The quantitative estimate of drug-likeness (QED) is 0.724. The largest absolute Gasteiger partial charge is 0.328 e. The second kappa shape index (κ2) is 3.47. The Hall–Kier alpha value is -0.130. The molecule has 0 aromatic carbocycles. The number of fused-ring (bicyclic) bond motifs is 2. The number of hydrogen-bond acceptors (Lipinski definition) is 3. The highest BCUT2D eigenvalue weighted by molar-refractivity contribution is 7.89. The first kappa shape index (κ1) is 10.4. The van der Waals surface area contributed by atoms with Crippen LogP contribution < -0.4 is 5.73 Å². The van der Waals surface area contributed by atoms with Crippen molar-refractivity contribution in [2.24, 2.45) is 5.73 Å². The predicted molar refractivity (Wildman–Crippen MR) is 55.3 cm³/mol. The van der Waals surface area contributed by atoms with Crippen LogP contribution in [0.1, 0.15) is 32.6 Å². The van der Waals surface area contributed by atoms with E-state index in [1.165, 1.54) is 0 Å². The summed E-state index contributed by atoms with van der Waals surface area (Å²) in [6.45, 7) is 1.71. The maximum absolute atomic E-state index is 11.8. The van der Waals surface area contributed by atoms with Crippen molar-refractivity contribution >= 4 is 10.0 Å². The highest BCUT2D eigenvalue weighted by Crippen LogP contribution is 2.37. The molecule has 2 rings (SSSR count). The molecule has 4 nitrogen and oxygen atoms in total. The van der Waals surface area contributed by atoms with E-state index < -0.39 is 10.0 Å². The Balaban J connectivity index is 2.23. The van der Waals surface area contributed by atoms with Gasteiger partial charge in [-0.1, -0.05) is 0 Å². The Bertz CT molecular complexity index is 301. The lowest BCUT2D eigenvalue weighted by molar-refractivity contribution is 0.227. The van der Waals surface area contributed by atoms with Gasteiger partial charge in [-0.3, -0.25) is 0 Å². The van der Waals surface area contributed by atoms with Crippen molar-refractivity contribution in [1.29, 1.82) is 0 Å². The lowest BCUT2D eigenvalue weighted by atomic mass is 10.0. The number of hydrogen-bond donors (Lipinski definition) is 1. The van der Waals surface area contributed by atoms with Gasteiger partial charge in [-0.15, -0.1) is 0 Å². The average molecular weight is 218 g/mol. The zero-order valence-corrected chi connectivity index (χ0v) is 9.33. The van der Waals surface area contributed by atoms with Crippen LogP contribution in [0.2, 0.25) is 0 Å². The van der Waals surface area contributed by atoms with Gasteiger partial charge in [0.2, 0.25) is 10.0 Å². The van der Waals surface area contributed by atoms with E-state index in [1.54, 1.807) is 11.2 Å². The fourth-order valence-electron chi connectivity index (χ4n) is 2.78. The minimum atomic E-state index is -3.00. The highest BCUT2D eigenvalue weighted by Gasteiger charge is 2.44. The molecule has 0 radical (unpaired) electrons. The van der Waals surface area contributed by atoms with Crippen LogP contribution in [0.4, 0.5) is 0 Å². The molecule has 2 fully saturated rings. The summed E-state index contributed by atoms with van der Waals surface area (Å²) in [5, 5.41) is 0. The molecule has 2 aliphatic heterocycles. The van der Waals surface area contributed by atoms with E-state index in [0.717, 1.165) is 25.7 Å². The van der Waals surface area contributed by atoms with Crippen LogP contribution >= 0.6 is 0 Å². The Kier molecular flexibility index (Phi) is 2.57. The maximum Gasteiger partial charge on any atom is 0.214 e. The van der Waals surface area contributed by atoms with E-state index in [4.69, 9.17) is 5.73 Å². The summed E-state index contributed by atoms with van der Waals surface area (Å²) in [5.41, 5.74) is 5.88. The monoisotopic (exact) mass is 218 g/mol. The fraction of sp³-hybridized carbons (Fsp3) is 1.00. The molecule has 2 aliphatic rings. The molecule has 2 N–H and O–H groups in total. The number of sulfonamides is 1. The molecular weight excluding hydrogens is 200 g/mol. The molecule has 2 bridgehead atoms. The van der Waals surface area contributed by atoms with Crippen molar-refractivity contribution in [3.63, 3.8) is 0 Å². The van der Waals surface area contributed by atoms with Crippen LogP contribution in [0.15, 0.2) is 0 Å². The minimum absolute atomic E-state index is 0.189. The van der Waals surface area contributed by atoms with E-state index >= 15 is 0 Å². The molecule has 82 valence electrons. The molecule has 0 aliphatic carbocycles. The second-order valence-corrected chi connectivity index (χ2v) is 6.51. The lowest BCUT2D eigenvalue weighted by Gasteiger charge is -2.36. The third-order valence-corrected chi connectivity index (χ3v) is 5.36. The molecule has 2 saturated heterocycles. The van der Waals surface area contributed by atoms with Crippen molar-refractivity contribution in [3.05, 3.63) is 0 Å².